The van der Waals surface area contributed by atoms with Crippen LogP contribution in [0.3, 0.4) is 0 Å². The molecule has 0 bridgehead atoms. The second-order valence-electron chi connectivity index (χ2n) is 6.59. The van der Waals surface area contributed by atoms with E-state index in [2.05, 4.69) is 9.73 Å². The summed E-state index contributed by atoms with van der Waals surface area (Å²) in [6, 6.07) is 7.06. The van der Waals surface area contributed by atoms with Gasteiger partial charge in [-0.2, -0.15) is 8.78 Å². The molecule has 0 spiro atoms. The third kappa shape index (κ3) is 5.52. The van der Waals surface area contributed by atoms with E-state index in [0.29, 0.717) is 11.1 Å². The lowest BCUT2D eigenvalue weighted by Crippen LogP contribution is -2.20. The molecule has 2 N–H and O–H groups in total. The molecular weight excluding hydrogens is 458 g/mol. The molecule has 0 unspecified atom stereocenters. The predicted molar refractivity (Wildman–Crippen MR) is 114 cm³/mol. The zero-order valence-electron chi connectivity index (χ0n) is 18.3. The monoisotopic (exact) mass is 478 g/mol. The van der Waals surface area contributed by atoms with E-state index < -0.39 is 25.1 Å². The molecule has 0 saturated heterocycles. The molecule has 0 atom stereocenters. The zero-order valence-corrected chi connectivity index (χ0v) is 18.3. The van der Waals surface area contributed by atoms with Gasteiger partial charge in [-0.05, 0) is 42.0 Å². The van der Waals surface area contributed by atoms with Crippen molar-refractivity contribution in [2.45, 2.75) is 6.61 Å². The number of hydrogen-bond donors (Lipinski definition) is 1. The van der Waals surface area contributed by atoms with Gasteiger partial charge >= 0.3 is 12.6 Å². The lowest BCUT2D eigenvalue weighted by Gasteiger charge is -2.14. The molecule has 34 heavy (non-hydrogen) atoms. The fraction of sp³-hybridized carbons (Fsp3) is 0.227. The number of aliphatic imine (C=N–C) groups is 1. The Balaban J connectivity index is 1.94. The van der Waals surface area contributed by atoms with Crippen LogP contribution in [0.15, 0.2) is 41.0 Å². The van der Waals surface area contributed by atoms with E-state index in [1.165, 1.54) is 57.7 Å². The van der Waals surface area contributed by atoms with E-state index >= 15 is 0 Å². The molecule has 1 aliphatic rings. The number of primary amides is 1. The first-order chi connectivity index (χ1) is 16.2. The van der Waals surface area contributed by atoms with Crippen LogP contribution in [0.2, 0.25) is 0 Å². The Morgan fingerprint density at radius 1 is 1.06 bits per heavy atom. The van der Waals surface area contributed by atoms with Crippen LogP contribution in [0.5, 0.6) is 28.7 Å². The summed E-state index contributed by atoms with van der Waals surface area (Å²) in [7, 11) is 4.05. The van der Waals surface area contributed by atoms with Crippen LogP contribution in [0.4, 0.5) is 8.78 Å². The van der Waals surface area contributed by atoms with Gasteiger partial charge in [-0.25, -0.2) is 9.79 Å². The number of benzene rings is 2. The molecule has 3 rings (SSSR count). The van der Waals surface area contributed by atoms with Gasteiger partial charge in [-0.3, -0.25) is 4.79 Å². The predicted octanol–water partition coefficient (Wildman–Crippen LogP) is 2.52. The standard InChI is InChI=1S/C22H20F2N2O8/c1-29-15-9-12(4-5-14(15)33-22(23)24)20-26-13(21(28)34-20)6-11-7-16(30-2)19(17(8-11)31-3)32-10-18(25)27/h4-9,22H,10H2,1-3H3,(H2,25,27)/b13-6+. The summed E-state index contributed by atoms with van der Waals surface area (Å²) in [5.74, 6) is -1.05. The van der Waals surface area contributed by atoms with Crippen molar-refractivity contribution in [3.05, 3.63) is 47.2 Å². The number of ether oxygens (including phenoxy) is 6. The van der Waals surface area contributed by atoms with Gasteiger partial charge in [0.2, 0.25) is 11.6 Å². The SMILES string of the molecule is COc1cc(C2=N/C(=C/c3cc(OC)c(OCC(N)=O)c(OC)c3)C(=O)O2)ccc1OC(F)F. The molecule has 0 saturated carbocycles. The Morgan fingerprint density at radius 2 is 1.71 bits per heavy atom. The van der Waals surface area contributed by atoms with Crippen molar-refractivity contribution in [2.24, 2.45) is 10.7 Å². The van der Waals surface area contributed by atoms with Gasteiger partial charge in [0.05, 0.1) is 21.3 Å². The Morgan fingerprint density at radius 3 is 2.26 bits per heavy atom. The minimum atomic E-state index is -3.03. The van der Waals surface area contributed by atoms with Crippen molar-refractivity contribution in [1.82, 2.24) is 0 Å². The normalized spacial score (nSPS) is 14.0. The van der Waals surface area contributed by atoms with E-state index in [-0.39, 0.29) is 40.3 Å². The van der Waals surface area contributed by atoms with Crippen LogP contribution in [-0.4, -0.2) is 52.3 Å². The highest BCUT2D eigenvalue weighted by Crippen LogP contribution is 2.39. The topological polar surface area (TPSA) is 128 Å². The highest BCUT2D eigenvalue weighted by Gasteiger charge is 2.26. The number of rotatable bonds is 10. The average Bonchev–Trinajstić information content (AvgIpc) is 3.17. The summed E-state index contributed by atoms with van der Waals surface area (Å²) in [5.41, 5.74) is 5.83. The van der Waals surface area contributed by atoms with Crippen LogP contribution in [0, 0.1) is 0 Å². The number of esters is 1. The highest BCUT2D eigenvalue weighted by atomic mass is 19.3. The lowest BCUT2D eigenvalue weighted by atomic mass is 10.1. The zero-order chi connectivity index (χ0) is 24.8. The number of cyclic esters (lactones) is 1. The molecular formula is C22H20F2N2O8. The number of halogens is 2. The minimum Gasteiger partial charge on any atom is -0.493 e. The summed E-state index contributed by atoms with van der Waals surface area (Å²) in [4.78, 5) is 27.6. The quantitative estimate of drug-likeness (QED) is 0.408. The van der Waals surface area contributed by atoms with Crippen LogP contribution >= 0.6 is 0 Å². The number of hydrogen-bond acceptors (Lipinski definition) is 9. The number of carbonyl (C=O) groups is 2. The number of amides is 1. The molecule has 1 amide bonds. The van der Waals surface area contributed by atoms with Gasteiger partial charge in [0.15, 0.2) is 35.3 Å². The minimum absolute atomic E-state index is 0.00926. The molecule has 1 heterocycles. The van der Waals surface area contributed by atoms with Gasteiger partial charge in [0, 0.05) is 5.56 Å². The first kappa shape index (κ1) is 24.3. The first-order valence-electron chi connectivity index (χ1n) is 9.58. The molecule has 10 nitrogen and oxygen atoms in total. The summed E-state index contributed by atoms with van der Waals surface area (Å²) in [6.07, 6.45) is 1.42. The van der Waals surface area contributed by atoms with Crippen molar-refractivity contribution in [2.75, 3.05) is 27.9 Å². The van der Waals surface area contributed by atoms with Crippen LogP contribution in [-0.2, 0) is 14.3 Å². The summed E-state index contributed by atoms with van der Waals surface area (Å²) in [5, 5.41) is 0. The van der Waals surface area contributed by atoms with E-state index in [0.717, 1.165) is 0 Å². The van der Waals surface area contributed by atoms with E-state index in [1.807, 2.05) is 0 Å². The van der Waals surface area contributed by atoms with Gasteiger partial charge < -0.3 is 34.2 Å². The van der Waals surface area contributed by atoms with Gasteiger partial charge in [-0.15, -0.1) is 0 Å². The van der Waals surface area contributed by atoms with E-state index in [1.54, 1.807) is 0 Å². The summed E-state index contributed by atoms with van der Waals surface area (Å²) >= 11 is 0. The molecule has 0 radical (unpaired) electrons. The van der Waals surface area contributed by atoms with E-state index in [9.17, 15) is 18.4 Å². The lowest BCUT2D eigenvalue weighted by molar-refractivity contribution is -0.130. The molecule has 1 aliphatic heterocycles. The van der Waals surface area contributed by atoms with Gasteiger partial charge in [0.1, 0.15) is 0 Å². The second kappa shape index (κ2) is 10.5. The maximum absolute atomic E-state index is 12.5. The Kier molecular flexibility index (Phi) is 7.51. The van der Waals surface area contributed by atoms with Crippen molar-refractivity contribution in [1.29, 1.82) is 0 Å². The van der Waals surface area contributed by atoms with Gasteiger partial charge in [-0.1, -0.05) is 0 Å². The molecule has 180 valence electrons. The molecule has 2 aromatic carbocycles. The number of methoxy groups -OCH3 is 3. The summed E-state index contributed by atoms with van der Waals surface area (Å²) in [6.45, 7) is -3.42. The van der Waals surface area contributed by atoms with Crippen molar-refractivity contribution in [3.8, 4) is 28.7 Å². The highest BCUT2D eigenvalue weighted by molar-refractivity contribution is 6.13. The van der Waals surface area contributed by atoms with Gasteiger partial charge in [0.25, 0.3) is 5.91 Å². The van der Waals surface area contributed by atoms with Crippen molar-refractivity contribution >= 4 is 23.9 Å². The van der Waals surface area contributed by atoms with E-state index in [4.69, 9.17) is 29.4 Å². The maximum Gasteiger partial charge on any atom is 0.387 e. The van der Waals surface area contributed by atoms with Crippen molar-refractivity contribution in [3.63, 3.8) is 0 Å². The fourth-order valence-electron chi connectivity index (χ4n) is 2.95. The molecule has 0 aliphatic carbocycles. The molecule has 0 aromatic heterocycles. The Labute approximate surface area is 192 Å². The summed E-state index contributed by atoms with van der Waals surface area (Å²) < 4.78 is 55.7. The van der Waals surface area contributed by atoms with Crippen LogP contribution < -0.4 is 29.4 Å². The largest absolute Gasteiger partial charge is 0.493 e. The Bertz CT molecular complexity index is 1140. The fourth-order valence-corrected chi connectivity index (χ4v) is 2.95. The third-order valence-electron chi connectivity index (χ3n) is 4.39. The second-order valence-corrected chi connectivity index (χ2v) is 6.59. The Hall–Kier alpha value is -4.35. The molecule has 12 heteroatoms. The van der Waals surface area contributed by atoms with Crippen LogP contribution in [0.25, 0.3) is 6.08 Å². The average molecular weight is 478 g/mol. The number of nitrogens with two attached hydrogens (primary N) is 1. The molecule has 0 fully saturated rings. The maximum atomic E-state index is 12.5. The smallest absolute Gasteiger partial charge is 0.387 e. The third-order valence-corrected chi connectivity index (χ3v) is 4.39. The molecule has 2 aromatic rings. The van der Waals surface area contributed by atoms with Crippen LogP contribution in [0.1, 0.15) is 11.1 Å². The number of nitrogens with zero attached hydrogens (tertiary/aromatic N) is 1. The number of alkyl halides is 2. The first-order valence-corrected chi connectivity index (χ1v) is 9.58. The number of carbonyl (C=O) groups excluding carboxylic acids is 2. The van der Waals surface area contributed by atoms with Crippen molar-refractivity contribution < 1.29 is 46.8 Å².